The van der Waals surface area contributed by atoms with Gasteiger partial charge in [0, 0.05) is 34.2 Å². The minimum absolute atomic E-state index is 0.0119. The van der Waals surface area contributed by atoms with Crippen LogP contribution in [0.2, 0.25) is 0 Å². The SMILES string of the molecule is CSc1c(N)ccc2c(-c3ccc(C(=O)NC(CCC(=O)O)C(=O)NN)cc3C(=O)O)c3ccc(=N)c(S(=O)(=O)O)c-3oc12. The lowest BCUT2D eigenvalue weighted by atomic mass is 9.89. The monoisotopic (exact) mass is 643 g/mol. The number of carbonyl (C=O) groups is 4. The van der Waals surface area contributed by atoms with Crippen molar-refractivity contribution in [1.29, 1.82) is 5.41 Å². The van der Waals surface area contributed by atoms with E-state index < -0.39 is 67.9 Å². The number of carbonyl (C=O) groups excluding carboxylic acids is 2. The number of nitrogen functional groups attached to an aromatic ring is 1. The molecule has 0 aromatic heterocycles. The van der Waals surface area contributed by atoms with Crippen molar-refractivity contribution < 1.29 is 46.8 Å². The van der Waals surface area contributed by atoms with E-state index in [2.05, 4.69) is 5.32 Å². The molecule has 0 saturated carbocycles. The molecule has 17 heteroatoms. The van der Waals surface area contributed by atoms with E-state index in [4.69, 9.17) is 26.5 Å². The lowest BCUT2D eigenvalue weighted by Gasteiger charge is -2.20. The number of nitrogens with two attached hydrogens (primary N) is 2. The average molecular weight is 644 g/mol. The zero-order valence-corrected chi connectivity index (χ0v) is 24.3. The van der Waals surface area contributed by atoms with Gasteiger partial charge in [0.15, 0.2) is 16.2 Å². The average Bonchev–Trinajstić information content (AvgIpc) is 2.96. The number of benzene rings is 3. The first kappa shape index (κ1) is 32.0. The van der Waals surface area contributed by atoms with Gasteiger partial charge in [-0.2, -0.15) is 8.42 Å². The summed E-state index contributed by atoms with van der Waals surface area (Å²) in [5.41, 5.74) is 7.86. The van der Waals surface area contributed by atoms with Crippen molar-refractivity contribution in [2.24, 2.45) is 5.84 Å². The first-order chi connectivity index (χ1) is 20.7. The van der Waals surface area contributed by atoms with Gasteiger partial charge in [-0.05, 0) is 54.6 Å². The van der Waals surface area contributed by atoms with E-state index in [9.17, 15) is 37.3 Å². The molecule has 0 fully saturated rings. The summed E-state index contributed by atoms with van der Waals surface area (Å²) >= 11 is 1.16. The number of carboxylic acid groups (broad SMARTS) is 2. The topological polar surface area (TPSA) is 276 Å². The summed E-state index contributed by atoms with van der Waals surface area (Å²) in [4.78, 5) is 48.3. The number of rotatable bonds is 10. The van der Waals surface area contributed by atoms with E-state index in [1.807, 2.05) is 5.43 Å². The van der Waals surface area contributed by atoms with Gasteiger partial charge in [-0.1, -0.05) is 6.07 Å². The third-order valence-corrected chi connectivity index (χ3v) is 8.40. The molecule has 1 aliphatic carbocycles. The van der Waals surface area contributed by atoms with Gasteiger partial charge in [0.1, 0.15) is 6.04 Å². The molecule has 2 amide bonds. The van der Waals surface area contributed by atoms with Crippen LogP contribution in [-0.2, 0) is 19.7 Å². The first-order valence-electron chi connectivity index (χ1n) is 12.5. The molecule has 1 atom stereocenters. The Bertz CT molecular complexity index is 1990. The fourth-order valence-electron chi connectivity index (χ4n) is 4.70. The Morgan fingerprint density at radius 2 is 1.75 bits per heavy atom. The predicted octanol–water partition coefficient (Wildman–Crippen LogP) is 1.89. The van der Waals surface area contributed by atoms with Gasteiger partial charge < -0.3 is 25.7 Å². The van der Waals surface area contributed by atoms with Crippen molar-refractivity contribution in [2.45, 2.75) is 28.7 Å². The minimum atomic E-state index is -5.00. The van der Waals surface area contributed by atoms with Crippen LogP contribution in [-0.4, -0.2) is 59.2 Å². The Hall–Kier alpha value is -4.97. The highest BCUT2D eigenvalue weighted by Crippen LogP contribution is 2.46. The molecule has 0 spiro atoms. The highest BCUT2D eigenvalue weighted by Gasteiger charge is 2.30. The number of nitrogens with one attached hydrogen (secondary N) is 3. The number of anilines is 1. The molecule has 230 valence electrons. The van der Waals surface area contributed by atoms with Gasteiger partial charge in [-0.25, -0.2) is 10.6 Å². The highest BCUT2D eigenvalue weighted by molar-refractivity contribution is 7.99. The second kappa shape index (κ2) is 12.3. The maximum Gasteiger partial charge on any atom is 0.336 e. The fraction of sp³-hybridized carbons (Fsp3) is 0.148. The second-order valence-electron chi connectivity index (χ2n) is 9.37. The van der Waals surface area contributed by atoms with Gasteiger partial charge in [-0.15, -0.1) is 11.8 Å². The van der Waals surface area contributed by atoms with Gasteiger partial charge in [0.25, 0.3) is 21.9 Å². The number of thioether (sulfide) groups is 1. The molecule has 4 rings (SSSR count). The summed E-state index contributed by atoms with van der Waals surface area (Å²) in [5, 5.41) is 29.4. The van der Waals surface area contributed by atoms with E-state index in [1.165, 1.54) is 24.3 Å². The summed E-state index contributed by atoms with van der Waals surface area (Å²) in [6, 6.07) is 7.75. The minimum Gasteiger partial charge on any atom is -0.481 e. The Morgan fingerprint density at radius 1 is 1.07 bits per heavy atom. The van der Waals surface area contributed by atoms with Crippen LogP contribution in [0.3, 0.4) is 0 Å². The number of amides is 2. The summed E-state index contributed by atoms with van der Waals surface area (Å²) in [7, 11) is -5.00. The zero-order chi connectivity index (χ0) is 32.5. The summed E-state index contributed by atoms with van der Waals surface area (Å²) in [6.45, 7) is 0. The third kappa shape index (κ3) is 6.06. The lowest BCUT2D eigenvalue weighted by Crippen LogP contribution is -2.49. The van der Waals surface area contributed by atoms with Crippen LogP contribution >= 0.6 is 11.8 Å². The Labute approximate surface area is 252 Å². The number of hydrogen-bond acceptors (Lipinski definition) is 11. The maximum absolute atomic E-state index is 13.1. The molecule has 2 aromatic rings. The normalized spacial score (nSPS) is 12.2. The first-order valence-corrected chi connectivity index (χ1v) is 15.1. The van der Waals surface area contributed by atoms with Crippen LogP contribution in [0.4, 0.5) is 5.69 Å². The molecule has 1 unspecified atom stereocenters. The summed E-state index contributed by atoms with van der Waals surface area (Å²) < 4.78 is 40.6. The van der Waals surface area contributed by atoms with Gasteiger partial charge in [-0.3, -0.25) is 29.8 Å². The molecular formula is C27H25N5O10S2. The lowest BCUT2D eigenvalue weighted by molar-refractivity contribution is -0.137. The molecule has 2 aliphatic rings. The van der Waals surface area contributed by atoms with Crippen molar-refractivity contribution in [3.05, 3.63) is 58.9 Å². The fourth-order valence-corrected chi connectivity index (χ4v) is 6.07. The molecule has 0 radical (unpaired) electrons. The van der Waals surface area contributed by atoms with Gasteiger partial charge in [0.2, 0.25) is 0 Å². The summed E-state index contributed by atoms with van der Waals surface area (Å²) in [5.74, 6) is 0.260. The molecule has 10 N–H and O–H groups in total. The van der Waals surface area contributed by atoms with Crippen LogP contribution in [0.1, 0.15) is 33.6 Å². The maximum atomic E-state index is 13.1. The molecule has 0 saturated heterocycles. The number of aliphatic carboxylic acids is 1. The Balaban J connectivity index is 1.99. The van der Waals surface area contributed by atoms with Crippen LogP contribution < -0.4 is 27.7 Å². The van der Waals surface area contributed by atoms with Gasteiger partial charge in [0.05, 0.1) is 15.8 Å². The largest absolute Gasteiger partial charge is 0.481 e. The molecule has 1 heterocycles. The van der Waals surface area contributed by atoms with Crippen molar-refractivity contribution in [3.8, 4) is 22.5 Å². The number of aromatic carboxylic acids is 1. The van der Waals surface area contributed by atoms with Gasteiger partial charge >= 0.3 is 11.9 Å². The number of fused-ring (bicyclic) bond motifs is 2. The van der Waals surface area contributed by atoms with E-state index in [-0.39, 0.29) is 39.9 Å². The standard InChI is InChI=1S/C27H25N5O10S2/c1-43-23-16(28)6-4-13-20(14-5-7-17(29)24(44(39,40)41)22(14)42-21(13)23)12-3-2-11(10-15(12)27(37)38)25(35)31-18(26(36)32-30)8-9-19(33)34/h2-7,10,18,29H,8-9,28,30H2,1H3,(H,31,35)(H,32,36)(H,33,34)(H,37,38)(H,39,40,41). The molecule has 15 nitrogen and oxygen atoms in total. The van der Waals surface area contributed by atoms with Crippen LogP contribution in [0.5, 0.6) is 0 Å². The predicted molar refractivity (Wildman–Crippen MR) is 158 cm³/mol. The van der Waals surface area contributed by atoms with Crippen molar-refractivity contribution >= 4 is 62.3 Å². The molecule has 44 heavy (non-hydrogen) atoms. The van der Waals surface area contributed by atoms with E-state index in [0.29, 0.717) is 10.3 Å². The molecular weight excluding hydrogens is 618 g/mol. The molecule has 2 aromatic carbocycles. The quantitative estimate of drug-likeness (QED) is 0.0233. The molecule has 0 bridgehead atoms. The van der Waals surface area contributed by atoms with E-state index in [1.54, 1.807) is 12.3 Å². The van der Waals surface area contributed by atoms with Crippen molar-refractivity contribution in [2.75, 3.05) is 12.0 Å². The summed E-state index contributed by atoms with van der Waals surface area (Å²) in [6.07, 6.45) is 0.916. The van der Waals surface area contributed by atoms with Crippen molar-refractivity contribution in [1.82, 2.24) is 10.7 Å². The molecule has 1 aliphatic heterocycles. The number of carboxylic acids is 2. The highest BCUT2D eigenvalue weighted by atomic mass is 32.2. The van der Waals surface area contributed by atoms with Crippen molar-refractivity contribution in [3.63, 3.8) is 0 Å². The van der Waals surface area contributed by atoms with Crippen LogP contribution in [0, 0.1) is 5.41 Å². The zero-order valence-electron chi connectivity index (χ0n) is 22.7. The third-order valence-electron chi connectivity index (χ3n) is 6.65. The van der Waals surface area contributed by atoms with Crippen LogP contribution in [0.15, 0.2) is 56.7 Å². The number of hydrogen-bond donors (Lipinski definition) is 8. The smallest absolute Gasteiger partial charge is 0.336 e. The van der Waals surface area contributed by atoms with E-state index >= 15 is 0 Å². The van der Waals surface area contributed by atoms with E-state index in [0.717, 1.165) is 23.9 Å². The Kier molecular flexibility index (Phi) is 8.96. The van der Waals surface area contributed by atoms with Crippen LogP contribution in [0.25, 0.3) is 33.4 Å². The second-order valence-corrected chi connectivity index (χ2v) is 11.5. The number of hydrazine groups is 1. The Morgan fingerprint density at radius 3 is 2.34 bits per heavy atom.